The van der Waals surface area contributed by atoms with Crippen LogP contribution in [-0.4, -0.2) is 15.0 Å². The molecule has 0 unspecified atom stereocenters. The first-order valence-corrected chi connectivity index (χ1v) is 16.2. The quantitative estimate of drug-likeness (QED) is 0.197. The molecular weight excluding hydrogens is 504 g/mol. The Labute approximate surface area is 244 Å². The standard InChI is InChI=1S/C21H28N2O.C15H18N2/c1-21(2,3)13-19(24)22-15-11-14-9-10-23-18-8-6-4-5-7-16(18)17(12-15)20(14)23;16-11-8-10-6-7-17-14-5-3-1-2-4-12(14)13(9-11)15(10)17/h11-12H,4-10,13H2,1-3H3,(H,22,24);8-9H,1-7,16H2. The zero-order chi connectivity index (χ0) is 28.3. The summed E-state index contributed by atoms with van der Waals surface area (Å²) in [6, 6.07) is 8.80. The molecule has 0 radical (unpaired) electrons. The fourth-order valence-electron chi connectivity index (χ4n) is 8.19. The fourth-order valence-corrected chi connectivity index (χ4v) is 8.19. The van der Waals surface area contributed by atoms with Crippen LogP contribution in [0, 0.1) is 5.41 Å². The normalized spacial score (nSPS) is 17.5. The average molecular weight is 551 g/mol. The van der Waals surface area contributed by atoms with E-state index < -0.39 is 0 Å². The van der Waals surface area contributed by atoms with Crippen molar-refractivity contribution in [2.45, 2.75) is 117 Å². The molecule has 2 aromatic carbocycles. The number of nitrogens with two attached hydrogens (primary N) is 1. The topological polar surface area (TPSA) is 65.0 Å². The largest absolute Gasteiger partial charge is 0.399 e. The van der Waals surface area contributed by atoms with Crippen LogP contribution in [0.5, 0.6) is 0 Å². The summed E-state index contributed by atoms with van der Waals surface area (Å²) < 4.78 is 5.14. The van der Waals surface area contributed by atoms with Gasteiger partial charge in [0.1, 0.15) is 0 Å². The van der Waals surface area contributed by atoms with Crippen molar-refractivity contribution < 1.29 is 4.79 Å². The summed E-state index contributed by atoms with van der Waals surface area (Å²) in [5, 5.41) is 6.00. The Balaban J connectivity index is 0.000000142. The monoisotopic (exact) mass is 550 g/mol. The molecule has 0 atom stereocenters. The number of amides is 1. The van der Waals surface area contributed by atoms with Crippen LogP contribution in [0.15, 0.2) is 24.3 Å². The average Bonchev–Trinajstić information content (AvgIpc) is 3.55. The van der Waals surface area contributed by atoms with Gasteiger partial charge in [-0.25, -0.2) is 0 Å². The second-order valence-corrected chi connectivity index (χ2v) is 14.2. The maximum absolute atomic E-state index is 12.3. The lowest BCUT2D eigenvalue weighted by atomic mass is 9.92. The van der Waals surface area contributed by atoms with Gasteiger partial charge < -0.3 is 20.2 Å². The first-order chi connectivity index (χ1) is 19.8. The molecule has 8 rings (SSSR count). The zero-order valence-corrected chi connectivity index (χ0v) is 25.3. The molecule has 4 aromatic rings. The number of nitrogen functional groups attached to an aromatic ring is 1. The van der Waals surface area contributed by atoms with E-state index in [1.807, 2.05) is 0 Å². The van der Waals surface area contributed by atoms with Crippen LogP contribution in [-0.2, 0) is 56.4 Å². The van der Waals surface area contributed by atoms with Gasteiger partial charge in [-0.2, -0.15) is 0 Å². The number of nitrogens with one attached hydrogen (secondary N) is 1. The van der Waals surface area contributed by atoms with Crippen LogP contribution in [0.3, 0.4) is 0 Å². The fraction of sp³-hybridized carbons (Fsp3) is 0.528. The second-order valence-electron chi connectivity index (χ2n) is 14.2. The second kappa shape index (κ2) is 10.3. The van der Waals surface area contributed by atoms with E-state index in [2.05, 4.69) is 59.5 Å². The van der Waals surface area contributed by atoms with Crippen molar-refractivity contribution in [3.8, 4) is 0 Å². The number of benzene rings is 2. The minimum atomic E-state index is 0.0192. The highest BCUT2D eigenvalue weighted by Crippen LogP contribution is 2.40. The molecule has 216 valence electrons. The van der Waals surface area contributed by atoms with Gasteiger partial charge in [0.2, 0.25) is 5.91 Å². The third kappa shape index (κ3) is 4.85. The summed E-state index contributed by atoms with van der Waals surface area (Å²) in [7, 11) is 0. The van der Waals surface area contributed by atoms with E-state index in [1.165, 1.54) is 110 Å². The summed E-state index contributed by atoms with van der Waals surface area (Å²) in [6.45, 7) is 8.60. The lowest BCUT2D eigenvalue weighted by Gasteiger charge is -2.17. The molecule has 2 aromatic heterocycles. The molecule has 5 nitrogen and oxygen atoms in total. The van der Waals surface area contributed by atoms with Crippen LogP contribution in [0.25, 0.3) is 21.8 Å². The van der Waals surface area contributed by atoms with Crippen molar-refractivity contribution in [2.24, 2.45) is 5.41 Å². The highest BCUT2D eigenvalue weighted by molar-refractivity contribution is 5.97. The molecule has 0 saturated carbocycles. The van der Waals surface area contributed by atoms with E-state index in [1.54, 1.807) is 22.5 Å². The van der Waals surface area contributed by atoms with Crippen molar-refractivity contribution in [3.05, 3.63) is 57.9 Å². The molecule has 4 heterocycles. The first-order valence-electron chi connectivity index (χ1n) is 16.2. The highest BCUT2D eigenvalue weighted by atomic mass is 16.1. The Kier molecular flexibility index (Phi) is 6.67. The molecule has 5 heteroatoms. The molecule has 0 fully saturated rings. The van der Waals surface area contributed by atoms with Gasteiger partial charge in [-0.15, -0.1) is 0 Å². The van der Waals surface area contributed by atoms with E-state index >= 15 is 0 Å². The molecule has 4 aliphatic rings. The summed E-state index contributed by atoms with van der Waals surface area (Å²) in [6.07, 6.45) is 15.8. The molecule has 0 spiro atoms. The smallest absolute Gasteiger partial charge is 0.224 e. The van der Waals surface area contributed by atoms with Crippen LogP contribution in [0.1, 0.15) is 99.4 Å². The van der Waals surface area contributed by atoms with Gasteiger partial charge in [-0.1, -0.05) is 33.6 Å². The highest BCUT2D eigenvalue weighted by Gasteiger charge is 2.26. The number of rotatable bonds is 2. The number of fused-ring (bicyclic) bond motifs is 6. The molecule has 2 aliphatic heterocycles. The van der Waals surface area contributed by atoms with E-state index in [0.717, 1.165) is 24.3 Å². The molecule has 0 bridgehead atoms. The molecule has 0 saturated heterocycles. The minimum absolute atomic E-state index is 0.0192. The summed E-state index contributed by atoms with van der Waals surface area (Å²) >= 11 is 0. The Bertz CT molecular complexity index is 1660. The van der Waals surface area contributed by atoms with Crippen molar-refractivity contribution in [1.29, 1.82) is 0 Å². The Morgan fingerprint density at radius 2 is 1.27 bits per heavy atom. The van der Waals surface area contributed by atoms with Gasteiger partial charge in [0.05, 0.1) is 11.0 Å². The maximum atomic E-state index is 12.3. The Hall–Kier alpha value is -3.21. The summed E-state index contributed by atoms with van der Waals surface area (Å²) in [5.74, 6) is 0.123. The Morgan fingerprint density at radius 1 is 0.732 bits per heavy atom. The van der Waals surface area contributed by atoms with Crippen molar-refractivity contribution >= 4 is 39.1 Å². The number of carbonyl (C=O) groups excluding carboxylic acids is 1. The van der Waals surface area contributed by atoms with Crippen LogP contribution >= 0.6 is 0 Å². The predicted molar refractivity (Wildman–Crippen MR) is 171 cm³/mol. The van der Waals surface area contributed by atoms with Gasteiger partial charge in [0.15, 0.2) is 0 Å². The number of aryl methyl sites for hydroxylation is 6. The van der Waals surface area contributed by atoms with Gasteiger partial charge in [-0.05, 0) is 116 Å². The van der Waals surface area contributed by atoms with Crippen molar-refractivity contribution in [2.75, 3.05) is 11.1 Å². The zero-order valence-electron chi connectivity index (χ0n) is 25.3. The van der Waals surface area contributed by atoms with Gasteiger partial charge in [-0.3, -0.25) is 4.79 Å². The van der Waals surface area contributed by atoms with Crippen molar-refractivity contribution in [3.63, 3.8) is 0 Å². The number of anilines is 2. The molecular formula is C36H46N4O. The first kappa shape index (κ1) is 26.7. The lowest BCUT2D eigenvalue weighted by Crippen LogP contribution is -2.19. The SMILES string of the molecule is CC(C)(C)CC(=O)Nc1cc2c3c(c1)c1c(n3CC2)CCCCC1.Nc1cc2c3c(c1)c1c(n3CC2)CCCCC1. The van der Waals surface area contributed by atoms with Crippen LogP contribution in [0.2, 0.25) is 0 Å². The van der Waals surface area contributed by atoms with E-state index in [9.17, 15) is 4.79 Å². The lowest BCUT2D eigenvalue weighted by molar-refractivity contribution is -0.117. The van der Waals surface area contributed by atoms with Gasteiger partial charge in [0.25, 0.3) is 0 Å². The molecule has 1 amide bonds. The van der Waals surface area contributed by atoms with E-state index in [0.29, 0.717) is 6.42 Å². The third-order valence-corrected chi connectivity index (χ3v) is 9.80. The van der Waals surface area contributed by atoms with Gasteiger partial charge >= 0.3 is 0 Å². The van der Waals surface area contributed by atoms with E-state index in [4.69, 9.17) is 5.73 Å². The number of hydrogen-bond acceptors (Lipinski definition) is 2. The Morgan fingerprint density at radius 3 is 1.85 bits per heavy atom. The third-order valence-electron chi connectivity index (χ3n) is 9.80. The van der Waals surface area contributed by atoms with Crippen LogP contribution in [0.4, 0.5) is 11.4 Å². The minimum Gasteiger partial charge on any atom is -0.399 e. The number of nitrogens with zero attached hydrogens (tertiary/aromatic N) is 2. The van der Waals surface area contributed by atoms with E-state index in [-0.39, 0.29) is 11.3 Å². The van der Waals surface area contributed by atoms with Crippen LogP contribution < -0.4 is 11.1 Å². The molecule has 3 N–H and O–H groups in total. The number of carbonyl (C=O) groups is 1. The number of hydrogen-bond donors (Lipinski definition) is 2. The predicted octanol–water partition coefficient (Wildman–Crippen LogP) is 7.89. The van der Waals surface area contributed by atoms with Crippen molar-refractivity contribution in [1.82, 2.24) is 9.13 Å². The number of aromatic nitrogens is 2. The maximum Gasteiger partial charge on any atom is 0.224 e. The molecule has 2 aliphatic carbocycles. The summed E-state index contributed by atoms with van der Waals surface area (Å²) in [5.41, 5.74) is 20.1. The molecule has 41 heavy (non-hydrogen) atoms. The van der Waals surface area contributed by atoms with Gasteiger partial charge in [0, 0.05) is 53.0 Å². The summed E-state index contributed by atoms with van der Waals surface area (Å²) in [4.78, 5) is 12.3.